The molecule has 2 aromatic rings. The monoisotopic (exact) mass is 375 g/mol. The van der Waals surface area contributed by atoms with Gasteiger partial charge in [-0.3, -0.25) is 4.79 Å². The van der Waals surface area contributed by atoms with E-state index in [2.05, 4.69) is 42.0 Å². The van der Waals surface area contributed by atoms with Gasteiger partial charge >= 0.3 is 0 Å². The van der Waals surface area contributed by atoms with Crippen molar-refractivity contribution < 1.29 is 9.53 Å². The molecule has 0 unspecified atom stereocenters. The third-order valence-corrected chi connectivity index (χ3v) is 4.09. The number of ether oxygens (including phenoxy) is 1. The average Bonchev–Trinajstić information content (AvgIpc) is 2.54. The fourth-order valence-corrected chi connectivity index (χ4v) is 2.64. The first kappa shape index (κ1) is 17.5. The number of nitrogens with one attached hydrogen (secondary N) is 1. The summed E-state index contributed by atoms with van der Waals surface area (Å²) in [7, 11) is 0. The molecule has 0 radical (unpaired) electrons. The van der Waals surface area contributed by atoms with Gasteiger partial charge in [-0.15, -0.1) is 0 Å². The maximum absolute atomic E-state index is 12.0. The summed E-state index contributed by atoms with van der Waals surface area (Å²) in [4.78, 5) is 12.0. The standard InChI is InChI=1S/C19H22BrNO2/c1-4-14-5-8-16(9-6-14)21-19(22)12-23-18-10-7-15(20)11-17(18)13(2)3/h5-11,13H,4,12H2,1-3H3,(H,21,22). The van der Waals surface area contributed by atoms with E-state index >= 15 is 0 Å². The van der Waals surface area contributed by atoms with Crippen LogP contribution in [0, 0.1) is 0 Å². The van der Waals surface area contributed by atoms with Gasteiger partial charge in [-0.05, 0) is 53.8 Å². The highest BCUT2D eigenvalue weighted by Crippen LogP contribution is 2.29. The Kier molecular flexibility index (Phi) is 6.22. The Morgan fingerprint density at radius 2 is 1.87 bits per heavy atom. The summed E-state index contributed by atoms with van der Waals surface area (Å²) in [6.07, 6.45) is 0.985. The maximum atomic E-state index is 12.0. The van der Waals surface area contributed by atoms with Crippen LogP contribution < -0.4 is 10.1 Å². The Labute approximate surface area is 146 Å². The van der Waals surface area contributed by atoms with Gasteiger partial charge in [-0.1, -0.05) is 48.8 Å². The van der Waals surface area contributed by atoms with Crippen molar-refractivity contribution in [2.75, 3.05) is 11.9 Å². The first-order valence-electron chi connectivity index (χ1n) is 7.80. The second-order valence-electron chi connectivity index (χ2n) is 5.72. The van der Waals surface area contributed by atoms with E-state index in [1.165, 1.54) is 5.56 Å². The van der Waals surface area contributed by atoms with Crippen molar-refractivity contribution in [2.45, 2.75) is 33.1 Å². The number of rotatable bonds is 6. The molecule has 0 saturated carbocycles. The Hall–Kier alpha value is -1.81. The molecule has 0 fully saturated rings. The van der Waals surface area contributed by atoms with Gasteiger partial charge in [0, 0.05) is 10.2 Å². The third-order valence-electron chi connectivity index (χ3n) is 3.60. The molecule has 4 heteroatoms. The molecule has 0 aliphatic heterocycles. The van der Waals surface area contributed by atoms with Gasteiger partial charge in [-0.2, -0.15) is 0 Å². The van der Waals surface area contributed by atoms with Crippen molar-refractivity contribution in [3.05, 3.63) is 58.1 Å². The van der Waals surface area contributed by atoms with E-state index in [0.29, 0.717) is 5.92 Å². The van der Waals surface area contributed by atoms with Crippen molar-refractivity contribution >= 4 is 27.5 Å². The number of halogens is 1. The van der Waals surface area contributed by atoms with Crippen LogP contribution in [0.5, 0.6) is 5.75 Å². The van der Waals surface area contributed by atoms with Gasteiger partial charge in [0.25, 0.3) is 5.91 Å². The van der Waals surface area contributed by atoms with E-state index in [4.69, 9.17) is 4.74 Å². The third kappa shape index (κ3) is 5.10. The van der Waals surface area contributed by atoms with E-state index < -0.39 is 0 Å². The van der Waals surface area contributed by atoms with Crippen molar-refractivity contribution in [3.8, 4) is 5.75 Å². The Bertz CT molecular complexity index is 666. The molecule has 0 spiro atoms. The number of carbonyl (C=O) groups excluding carboxylic acids is 1. The molecule has 0 bridgehead atoms. The SMILES string of the molecule is CCc1ccc(NC(=O)COc2ccc(Br)cc2C(C)C)cc1. The van der Waals surface area contributed by atoms with Crippen LogP contribution in [0.15, 0.2) is 46.9 Å². The van der Waals surface area contributed by atoms with Crippen LogP contribution in [0.4, 0.5) is 5.69 Å². The molecule has 0 heterocycles. The minimum atomic E-state index is -0.160. The van der Waals surface area contributed by atoms with E-state index in [9.17, 15) is 4.79 Å². The summed E-state index contributed by atoms with van der Waals surface area (Å²) in [5.74, 6) is 0.915. The summed E-state index contributed by atoms with van der Waals surface area (Å²) in [6.45, 7) is 6.30. The number of carbonyl (C=O) groups is 1. The lowest BCUT2D eigenvalue weighted by Crippen LogP contribution is -2.20. The molecule has 0 atom stereocenters. The molecule has 1 amide bonds. The number of hydrogen-bond donors (Lipinski definition) is 1. The molecule has 0 aliphatic rings. The zero-order chi connectivity index (χ0) is 16.8. The number of anilines is 1. The maximum Gasteiger partial charge on any atom is 0.262 e. The van der Waals surface area contributed by atoms with Crippen molar-refractivity contribution in [1.29, 1.82) is 0 Å². The Balaban J connectivity index is 1.96. The fourth-order valence-electron chi connectivity index (χ4n) is 2.27. The fraction of sp³-hybridized carbons (Fsp3) is 0.316. The number of benzene rings is 2. The lowest BCUT2D eigenvalue weighted by molar-refractivity contribution is -0.118. The summed E-state index contributed by atoms with van der Waals surface area (Å²) in [5.41, 5.74) is 3.12. The molecule has 0 saturated heterocycles. The molecule has 1 N–H and O–H groups in total. The van der Waals surface area contributed by atoms with Gasteiger partial charge in [0.1, 0.15) is 5.75 Å². The van der Waals surface area contributed by atoms with Gasteiger partial charge in [0.05, 0.1) is 0 Å². The van der Waals surface area contributed by atoms with Crippen LogP contribution in [0.3, 0.4) is 0 Å². The molecule has 23 heavy (non-hydrogen) atoms. The normalized spacial score (nSPS) is 10.7. The highest BCUT2D eigenvalue weighted by atomic mass is 79.9. The smallest absolute Gasteiger partial charge is 0.262 e. The highest BCUT2D eigenvalue weighted by molar-refractivity contribution is 9.10. The lowest BCUT2D eigenvalue weighted by atomic mass is 10.0. The first-order chi connectivity index (χ1) is 11.0. The zero-order valence-electron chi connectivity index (χ0n) is 13.7. The predicted octanol–water partition coefficient (Wildman–Crippen LogP) is 5.15. The molecule has 3 nitrogen and oxygen atoms in total. The van der Waals surface area contributed by atoms with E-state index in [0.717, 1.165) is 27.9 Å². The average molecular weight is 376 g/mol. The van der Waals surface area contributed by atoms with Gasteiger partial charge in [0.15, 0.2) is 6.61 Å². The zero-order valence-corrected chi connectivity index (χ0v) is 15.3. The van der Waals surface area contributed by atoms with Crippen LogP contribution in [-0.4, -0.2) is 12.5 Å². The molecule has 0 aromatic heterocycles. The predicted molar refractivity (Wildman–Crippen MR) is 98.2 cm³/mol. The quantitative estimate of drug-likeness (QED) is 0.757. The largest absolute Gasteiger partial charge is 0.483 e. The molecule has 2 aromatic carbocycles. The number of aryl methyl sites for hydroxylation is 1. The van der Waals surface area contributed by atoms with Crippen LogP contribution >= 0.6 is 15.9 Å². The van der Waals surface area contributed by atoms with E-state index in [1.807, 2.05) is 42.5 Å². The number of hydrogen-bond acceptors (Lipinski definition) is 2. The van der Waals surface area contributed by atoms with Gasteiger partial charge < -0.3 is 10.1 Å². The molecular weight excluding hydrogens is 354 g/mol. The second-order valence-corrected chi connectivity index (χ2v) is 6.64. The van der Waals surface area contributed by atoms with Crippen LogP contribution in [0.2, 0.25) is 0 Å². The van der Waals surface area contributed by atoms with Gasteiger partial charge in [0.2, 0.25) is 0 Å². The highest BCUT2D eigenvalue weighted by Gasteiger charge is 2.10. The Morgan fingerprint density at radius 3 is 2.48 bits per heavy atom. The minimum absolute atomic E-state index is 0.00309. The second kappa shape index (κ2) is 8.16. The molecular formula is C19H22BrNO2. The molecule has 122 valence electrons. The van der Waals surface area contributed by atoms with E-state index in [1.54, 1.807) is 0 Å². The van der Waals surface area contributed by atoms with E-state index in [-0.39, 0.29) is 12.5 Å². The molecule has 0 aliphatic carbocycles. The van der Waals surface area contributed by atoms with Crippen LogP contribution in [-0.2, 0) is 11.2 Å². The minimum Gasteiger partial charge on any atom is -0.483 e. The number of amides is 1. The van der Waals surface area contributed by atoms with Crippen LogP contribution in [0.1, 0.15) is 37.8 Å². The Morgan fingerprint density at radius 1 is 1.17 bits per heavy atom. The summed E-state index contributed by atoms with van der Waals surface area (Å²) < 4.78 is 6.71. The van der Waals surface area contributed by atoms with Crippen LogP contribution in [0.25, 0.3) is 0 Å². The topological polar surface area (TPSA) is 38.3 Å². The van der Waals surface area contributed by atoms with Crippen molar-refractivity contribution in [1.82, 2.24) is 0 Å². The van der Waals surface area contributed by atoms with Gasteiger partial charge in [-0.25, -0.2) is 0 Å². The van der Waals surface area contributed by atoms with Crippen molar-refractivity contribution in [3.63, 3.8) is 0 Å². The summed E-state index contributed by atoms with van der Waals surface area (Å²) >= 11 is 3.47. The first-order valence-corrected chi connectivity index (χ1v) is 8.60. The van der Waals surface area contributed by atoms with Crippen molar-refractivity contribution in [2.24, 2.45) is 0 Å². The molecule has 2 rings (SSSR count). The lowest BCUT2D eigenvalue weighted by Gasteiger charge is -2.14. The summed E-state index contributed by atoms with van der Waals surface area (Å²) in [6, 6.07) is 13.7. The summed E-state index contributed by atoms with van der Waals surface area (Å²) in [5, 5.41) is 2.85.